The van der Waals surface area contributed by atoms with E-state index in [4.69, 9.17) is 0 Å². The van der Waals surface area contributed by atoms with Crippen LogP contribution in [0.15, 0.2) is 23.1 Å². The molecule has 0 spiro atoms. The van der Waals surface area contributed by atoms with Crippen LogP contribution in [0.1, 0.15) is 25.0 Å². The summed E-state index contributed by atoms with van der Waals surface area (Å²) in [6.45, 7) is 8.50. The minimum absolute atomic E-state index is 0.281. The molecule has 0 radical (unpaired) electrons. The van der Waals surface area contributed by atoms with Crippen molar-refractivity contribution in [3.8, 4) is 0 Å². The van der Waals surface area contributed by atoms with E-state index < -0.39 is 16.9 Å². The SMILES string of the molecule is Cc1ccc(S(=O)CC(O)CNC(C)C)c(C)c1. The maximum atomic E-state index is 12.2. The van der Waals surface area contributed by atoms with Gasteiger partial charge in [0.1, 0.15) is 0 Å². The number of nitrogens with one attached hydrogen (secondary N) is 1. The largest absolute Gasteiger partial charge is 0.391 e. The summed E-state index contributed by atoms with van der Waals surface area (Å²) >= 11 is 0. The molecule has 0 bridgehead atoms. The molecule has 0 saturated heterocycles. The Bertz CT molecular complexity index is 418. The fraction of sp³-hybridized carbons (Fsp3) is 0.571. The number of hydrogen-bond acceptors (Lipinski definition) is 3. The second kappa shape index (κ2) is 7.02. The third kappa shape index (κ3) is 4.88. The third-order valence-corrected chi connectivity index (χ3v) is 4.32. The van der Waals surface area contributed by atoms with Crippen LogP contribution in [0.4, 0.5) is 0 Å². The Morgan fingerprint density at radius 1 is 1.33 bits per heavy atom. The Morgan fingerprint density at radius 2 is 2.00 bits per heavy atom. The lowest BCUT2D eigenvalue weighted by Gasteiger charge is -2.14. The number of benzene rings is 1. The normalized spacial score (nSPS) is 14.8. The molecule has 1 aromatic carbocycles. The lowest BCUT2D eigenvalue weighted by Crippen LogP contribution is -2.34. The van der Waals surface area contributed by atoms with Crippen LogP contribution in [-0.4, -0.2) is 33.8 Å². The lowest BCUT2D eigenvalue weighted by molar-refractivity contribution is 0.191. The summed E-state index contributed by atoms with van der Waals surface area (Å²) in [5.74, 6) is 0.281. The summed E-state index contributed by atoms with van der Waals surface area (Å²) in [4.78, 5) is 0.823. The van der Waals surface area contributed by atoms with Gasteiger partial charge in [0.05, 0.1) is 22.7 Å². The van der Waals surface area contributed by atoms with Gasteiger partial charge in [0.2, 0.25) is 0 Å². The average molecular weight is 269 g/mol. The van der Waals surface area contributed by atoms with Gasteiger partial charge < -0.3 is 10.4 Å². The molecule has 2 N–H and O–H groups in total. The monoisotopic (exact) mass is 269 g/mol. The van der Waals surface area contributed by atoms with Crippen molar-refractivity contribution < 1.29 is 9.32 Å². The van der Waals surface area contributed by atoms with E-state index in [9.17, 15) is 9.32 Å². The van der Waals surface area contributed by atoms with E-state index >= 15 is 0 Å². The summed E-state index contributed by atoms with van der Waals surface area (Å²) in [5.41, 5.74) is 2.19. The summed E-state index contributed by atoms with van der Waals surface area (Å²) in [7, 11) is -1.14. The van der Waals surface area contributed by atoms with Crippen molar-refractivity contribution in [2.45, 2.75) is 44.7 Å². The first-order chi connectivity index (χ1) is 8.40. The van der Waals surface area contributed by atoms with Crippen LogP contribution in [0.2, 0.25) is 0 Å². The Hall–Kier alpha value is -0.710. The Morgan fingerprint density at radius 3 is 2.56 bits per heavy atom. The van der Waals surface area contributed by atoms with Gasteiger partial charge in [-0.15, -0.1) is 0 Å². The number of aliphatic hydroxyl groups is 1. The fourth-order valence-electron chi connectivity index (χ4n) is 1.75. The molecule has 1 rings (SSSR count). The van der Waals surface area contributed by atoms with E-state index in [0.29, 0.717) is 12.6 Å². The predicted octanol–water partition coefficient (Wildman–Crippen LogP) is 1.77. The molecular weight excluding hydrogens is 246 g/mol. The van der Waals surface area contributed by atoms with Crippen LogP contribution in [0.3, 0.4) is 0 Å². The average Bonchev–Trinajstić information content (AvgIpc) is 2.26. The molecule has 0 aromatic heterocycles. The molecule has 102 valence electrons. The van der Waals surface area contributed by atoms with Crippen LogP contribution in [0.5, 0.6) is 0 Å². The number of rotatable bonds is 6. The van der Waals surface area contributed by atoms with Crippen molar-refractivity contribution in [2.24, 2.45) is 0 Å². The van der Waals surface area contributed by atoms with Gasteiger partial charge >= 0.3 is 0 Å². The zero-order valence-corrected chi connectivity index (χ0v) is 12.4. The molecule has 0 aliphatic rings. The molecule has 1 aromatic rings. The van der Waals surface area contributed by atoms with Gasteiger partial charge in [-0.25, -0.2) is 0 Å². The first kappa shape index (κ1) is 15.3. The minimum atomic E-state index is -1.14. The van der Waals surface area contributed by atoms with Gasteiger partial charge in [-0.2, -0.15) is 0 Å². The molecule has 4 heteroatoms. The van der Waals surface area contributed by atoms with Gasteiger partial charge in [0.25, 0.3) is 0 Å². The molecule has 0 saturated carbocycles. The van der Waals surface area contributed by atoms with Crippen LogP contribution in [0, 0.1) is 13.8 Å². The van der Waals surface area contributed by atoms with E-state index in [1.165, 1.54) is 0 Å². The minimum Gasteiger partial charge on any atom is -0.391 e. The highest BCUT2D eigenvalue weighted by atomic mass is 32.2. The van der Waals surface area contributed by atoms with E-state index in [1.807, 2.05) is 45.9 Å². The highest BCUT2D eigenvalue weighted by Gasteiger charge is 2.13. The van der Waals surface area contributed by atoms with Gasteiger partial charge in [0, 0.05) is 17.5 Å². The van der Waals surface area contributed by atoms with Crippen LogP contribution in [0.25, 0.3) is 0 Å². The van der Waals surface area contributed by atoms with Gasteiger partial charge in [-0.3, -0.25) is 4.21 Å². The number of hydrogen-bond donors (Lipinski definition) is 2. The highest BCUT2D eigenvalue weighted by molar-refractivity contribution is 7.85. The van der Waals surface area contributed by atoms with Gasteiger partial charge in [-0.1, -0.05) is 31.5 Å². The first-order valence-corrected chi connectivity index (χ1v) is 7.59. The zero-order chi connectivity index (χ0) is 13.7. The quantitative estimate of drug-likeness (QED) is 0.827. The number of aliphatic hydroxyl groups excluding tert-OH is 1. The molecule has 0 heterocycles. The smallest absolute Gasteiger partial charge is 0.0783 e. The van der Waals surface area contributed by atoms with E-state index in [-0.39, 0.29) is 5.75 Å². The lowest BCUT2D eigenvalue weighted by atomic mass is 10.2. The molecule has 0 amide bonds. The van der Waals surface area contributed by atoms with Crippen molar-refractivity contribution >= 4 is 10.8 Å². The molecule has 0 aliphatic heterocycles. The highest BCUT2D eigenvalue weighted by Crippen LogP contribution is 2.15. The summed E-state index contributed by atoms with van der Waals surface area (Å²) < 4.78 is 12.2. The summed E-state index contributed by atoms with van der Waals surface area (Å²) in [6, 6.07) is 6.20. The van der Waals surface area contributed by atoms with E-state index in [0.717, 1.165) is 16.0 Å². The Balaban J connectivity index is 2.59. The standard InChI is InChI=1S/C14H23NO2S/c1-10(2)15-8-13(16)9-18(17)14-6-5-11(3)7-12(14)4/h5-7,10,13,15-16H,8-9H2,1-4H3. The maximum Gasteiger partial charge on any atom is 0.0783 e. The van der Waals surface area contributed by atoms with Crippen molar-refractivity contribution in [3.05, 3.63) is 29.3 Å². The van der Waals surface area contributed by atoms with Gasteiger partial charge in [0.15, 0.2) is 0 Å². The van der Waals surface area contributed by atoms with Crippen molar-refractivity contribution in [2.75, 3.05) is 12.3 Å². The second-order valence-corrected chi connectivity index (χ2v) is 6.46. The molecule has 3 nitrogen and oxygen atoms in total. The molecule has 18 heavy (non-hydrogen) atoms. The summed E-state index contributed by atoms with van der Waals surface area (Å²) in [6.07, 6.45) is -0.575. The second-order valence-electron chi connectivity index (χ2n) is 5.00. The summed E-state index contributed by atoms with van der Waals surface area (Å²) in [5, 5.41) is 13.0. The third-order valence-electron chi connectivity index (χ3n) is 2.68. The van der Waals surface area contributed by atoms with Gasteiger partial charge in [-0.05, 0) is 25.5 Å². The van der Waals surface area contributed by atoms with Crippen molar-refractivity contribution in [1.29, 1.82) is 0 Å². The molecular formula is C14H23NO2S. The molecule has 2 unspecified atom stereocenters. The predicted molar refractivity (Wildman–Crippen MR) is 76.3 cm³/mol. The molecule has 0 aliphatic carbocycles. The van der Waals surface area contributed by atoms with Crippen LogP contribution < -0.4 is 5.32 Å². The zero-order valence-electron chi connectivity index (χ0n) is 11.6. The maximum absolute atomic E-state index is 12.2. The van der Waals surface area contributed by atoms with E-state index in [1.54, 1.807) is 0 Å². The van der Waals surface area contributed by atoms with Crippen LogP contribution >= 0.6 is 0 Å². The molecule has 0 fully saturated rings. The first-order valence-electron chi connectivity index (χ1n) is 6.27. The van der Waals surface area contributed by atoms with E-state index in [2.05, 4.69) is 5.32 Å². The fourth-order valence-corrected chi connectivity index (χ4v) is 3.03. The van der Waals surface area contributed by atoms with Crippen molar-refractivity contribution in [3.63, 3.8) is 0 Å². The Labute approximate surface area is 112 Å². The topological polar surface area (TPSA) is 49.3 Å². The van der Waals surface area contributed by atoms with Crippen LogP contribution in [-0.2, 0) is 10.8 Å². The molecule has 2 atom stereocenters. The van der Waals surface area contributed by atoms with Crippen molar-refractivity contribution in [1.82, 2.24) is 5.32 Å². The Kier molecular flexibility index (Phi) is 5.99. The number of aryl methyl sites for hydroxylation is 2.